The summed E-state index contributed by atoms with van der Waals surface area (Å²) in [5.74, 6) is 2.01. The zero-order valence-electron chi connectivity index (χ0n) is 19.2. The molecule has 0 bridgehead atoms. The minimum atomic E-state index is 0.120. The van der Waals surface area contributed by atoms with Gasteiger partial charge in [-0.25, -0.2) is 4.40 Å². The summed E-state index contributed by atoms with van der Waals surface area (Å²) in [4.78, 5) is 26.1. The molecule has 1 saturated heterocycles. The molecule has 176 valence electrons. The smallest absolute Gasteiger partial charge is 0.261 e. The summed E-state index contributed by atoms with van der Waals surface area (Å²) in [5.41, 5.74) is 1.35. The van der Waals surface area contributed by atoms with E-state index in [2.05, 4.69) is 60.0 Å². The van der Waals surface area contributed by atoms with Gasteiger partial charge in [0.05, 0.1) is 5.75 Å². The summed E-state index contributed by atoms with van der Waals surface area (Å²) in [5, 5.41) is 15.4. The molecule has 0 saturated carbocycles. The molecule has 0 atom stereocenters. The molecule has 1 fully saturated rings. The molecule has 0 spiro atoms. The van der Waals surface area contributed by atoms with Crippen molar-refractivity contribution in [3.63, 3.8) is 0 Å². The zero-order valence-corrected chi connectivity index (χ0v) is 20.0. The quantitative estimate of drug-likeness (QED) is 0.431. The Morgan fingerprint density at radius 3 is 2.48 bits per heavy atom. The Kier molecular flexibility index (Phi) is 7.95. The molecule has 33 heavy (non-hydrogen) atoms. The van der Waals surface area contributed by atoms with Crippen LogP contribution in [0.3, 0.4) is 0 Å². The maximum Gasteiger partial charge on any atom is 0.261 e. The highest BCUT2D eigenvalue weighted by Crippen LogP contribution is 2.21. The van der Waals surface area contributed by atoms with Crippen LogP contribution in [-0.4, -0.2) is 91.8 Å². The van der Waals surface area contributed by atoms with E-state index < -0.39 is 0 Å². The van der Waals surface area contributed by atoms with Gasteiger partial charge in [0.2, 0.25) is 17.8 Å². The van der Waals surface area contributed by atoms with Crippen LogP contribution >= 0.6 is 11.8 Å². The standard InChI is InChI=1S/C22H31N9OS/c1-3-23-19-25-20(24-4-2)31-21(26-19)27-28-22(31)33-16-18(32)30-14-12-29(13-15-30)11-10-17-8-6-5-7-9-17/h5-9H,3-4,10-16H2,1-2H3,(H2,23,24,25,26,27). The number of carbonyl (C=O) groups is 1. The summed E-state index contributed by atoms with van der Waals surface area (Å²) in [6.07, 6.45) is 1.04. The van der Waals surface area contributed by atoms with Crippen molar-refractivity contribution in [3.8, 4) is 0 Å². The fourth-order valence-electron chi connectivity index (χ4n) is 3.77. The van der Waals surface area contributed by atoms with E-state index >= 15 is 0 Å². The van der Waals surface area contributed by atoms with E-state index in [0.717, 1.165) is 39.1 Å². The second kappa shape index (κ2) is 11.3. The third-order valence-electron chi connectivity index (χ3n) is 5.52. The number of benzene rings is 1. The van der Waals surface area contributed by atoms with Gasteiger partial charge < -0.3 is 15.5 Å². The van der Waals surface area contributed by atoms with E-state index in [0.29, 0.717) is 41.7 Å². The third kappa shape index (κ3) is 5.91. The molecular weight excluding hydrogens is 438 g/mol. The predicted octanol–water partition coefficient (Wildman–Crippen LogP) is 1.86. The number of fused-ring (bicyclic) bond motifs is 1. The van der Waals surface area contributed by atoms with E-state index in [1.54, 1.807) is 4.40 Å². The molecule has 11 heteroatoms. The Bertz CT molecular complexity index is 1050. The average Bonchev–Trinajstić information content (AvgIpc) is 3.26. The van der Waals surface area contributed by atoms with E-state index in [9.17, 15) is 4.79 Å². The highest BCUT2D eigenvalue weighted by atomic mass is 32.2. The second-order valence-corrected chi connectivity index (χ2v) is 8.74. The highest BCUT2D eigenvalue weighted by molar-refractivity contribution is 7.99. The molecule has 4 rings (SSSR count). The summed E-state index contributed by atoms with van der Waals surface area (Å²) in [7, 11) is 0. The number of nitrogens with zero attached hydrogens (tertiary/aromatic N) is 7. The van der Waals surface area contributed by atoms with Crippen molar-refractivity contribution in [2.24, 2.45) is 0 Å². The van der Waals surface area contributed by atoms with Gasteiger partial charge in [-0.2, -0.15) is 9.97 Å². The van der Waals surface area contributed by atoms with Crippen LogP contribution in [0.25, 0.3) is 5.78 Å². The Morgan fingerprint density at radius 2 is 1.76 bits per heavy atom. The van der Waals surface area contributed by atoms with Crippen LogP contribution in [0.2, 0.25) is 0 Å². The molecule has 0 unspecified atom stereocenters. The second-order valence-electron chi connectivity index (χ2n) is 7.80. The highest BCUT2D eigenvalue weighted by Gasteiger charge is 2.22. The van der Waals surface area contributed by atoms with E-state index in [4.69, 9.17) is 0 Å². The fraction of sp³-hybridized carbons (Fsp3) is 0.500. The lowest BCUT2D eigenvalue weighted by atomic mass is 10.1. The maximum absolute atomic E-state index is 12.8. The Hall–Kier alpha value is -2.92. The first-order valence-electron chi connectivity index (χ1n) is 11.5. The minimum Gasteiger partial charge on any atom is -0.355 e. The molecule has 1 aromatic carbocycles. The number of aromatic nitrogens is 5. The number of rotatable bonds is 10. The van der Waals surface area contributed by atoms with Crippen molar-refractivity contribution in [3.05, 3.63) is 35.9 Å². The predicted molar refractivity (Wildman–Crippen MR) is 131 cm³/mol. The molecule has 1 aliphatic heterocycles. The monoisotopic (exact) mass is 469 g/mol. The summed E-state index contributed by atoms with van der Waals surface area (Å²) in [6.45, 7) is 9.75. The summed E-state index contributed by atoms with van der Waals surface area (Å²) < 4.78 is 1.77. The van der Waals surface area contributed by atoms with Gasteiger partial charge in [-0.05, 0) is 25.8 Å². The van der Waals surface area contributed by atoms with Gasteiger partial charge in [-0.15, -0.1) is 10.2 Å². The van der Waals surface area contributed by atoms with E-state index in [1.165, 1.54) is 17.3 Å². The lowest BCUT2D eigenvalue weighted by molar-refractivity contribution is -0.130. The Labute approximate surface area is 198 Å². The lowest BCUT2D eigenvalue weighted by Crippen LogP contribution is -2.49. The van der Waals surface area contributed by atoms with Crippen LogP contribution in [0.1, 0.15) is 19.4 Å². The van der Waals surface area contributed by atoms with Crippen LogP contribution in [0.15, 0.2) is 35.5 Å². The first-order valence-corrected chi connectivity index (χ1v) is 12.4. The Morgan fingerprint density at radius 1 is 1.00 bits per heavy atom. The molecule has 2 aromatic heterocycles. The van der Waals surface area contributed by atoms with Gasteiger partial charge in [-0.3, -0.25) is 9.69 Å². The van der Waals surface area contributed by atoms with Gasteiger partial charge in [0, 0.05) is 45.8 Å². The third-order valence-corrected chi connectivity index (χ3v) is 6.44. The Balaban J connectivity index is 1.31. The number of nitrogens with one attached hydrogen (secondary N) is 2. The normalized spacial score (nSPS) is 14.5. The molecular formula is C22H31N9OS. The number of amides is 1. The summed E-state index contributed by atoms with van der Waals surface area (Å²) in [6, 6.07) is 10.5. The molecule has 0 radical (unpaired) electrons. The molecule has 1 amide bonds. The first-order chi connectivity index (χ1) is 16.2. The molecule has 3 heterocycles. The SMILES string of the molecule is CCNc1nc(NCC)n2c(SCC(=O)N3CCN(CCc4ccccc4)CC3)nnc2n1. The van der Waals surface area contributed by atoms with Crippen molar-refractivity contribution < 1.29 is 4.79 Å². The van der Waals surface area contributed by atoms with Crippen LogP contribution in [0.4, 0.5) is 11.9 Å². The molecule has 3 aromatic rings. The number of carbonyl (C=O) groups excluding carboxylic acids is 1. The van der Waals surface area contributed by atoms with E-state index in [1.807, 2.05) is 24.8 Å². The van der Waals surface area contributed by atoms with Gasteiger partial charge in [0.1, 0.15) is 0 Å². The topological polar surface area (TPSA) is 104 Å². The maximum atomic E-state index is 12.8. The minimum absolute atomic E-state index is 0.120. The van der Waals surface area contributed by atoms with Crippen molar-refractivity contribution in [2.45, 2.75) is 25.4 Å². The zero-order chi connectivity index (χ0) is 23.0. The number of hydrogen-bond donors (Lipinski definition) is 2. The molecule has 0 aliphatic carbocycles. The largest absolute Gasteiger partial charge is 0.355 e. The molecule has 1 aliphatic rings. The first kappa shape index (κ1) is 23.2. The van der Waals surface area contributed by atoms with Crippen LogP contribution in [0.5, 0.6) is 0 Å². The van der Waals surface area contributed by atoms with Gasteiger partial charge >= 0.3 is 0 Å². The summed E-state index contributed by atoms with van der Waals surface area (Å²) >= 11 is 1.37. The number of anilines is 2. The van der Waals surface area contributed by atoms with Crippen LogP contribution in [-0.2, 0) is 11.2 Å². The van der Waals surface area contributed by atoms with Crippen molar-refractivity contribution in [1.82, 2.24) is 34.4 Å². The average molecular weight is 470 g/mol. The number of piperazine rings is 1. The van der Waals surface area contributed by atoms with Crippen LogP contribution in [0, 0.1) is 0 Å². The number of hydrogen-bond acceptors (Lipinski definition) is 9. The fourth-order valence-corrected chi connectivity index (χ4v) is 4.60. The van der Waals surface area contributed by atoms with Crippen LogP contribution < -0.4 is 10.6 Å². The van der Waals surface area contributed by atoms with Crippen molar-refractivity contribution >= 4 is 35.3 Å². The van der Waals surface area contributed by atoms with E-state index in [-0.39, 0.29) is 5.91 Å². The van der Waals surface area contributed by atoms with Crippen molar-refractivity contribution in [2.75, 3.05) is 62.2 Å². The molecule has 10 nitrogen and oxygen atoms in total. The van der Waals surface area contributed by atoms with Gasteiger partial charge in [0.25, 0.3) is 5.78 Å². The number of thioether (sulfide) groups is 1. The van der Waals surface area contributed by atoms with Gasteiger partial charge in [0.15, 0.2) is 5.16 Å². The van der Waals surface area contributed by atoms with Crippen molar-refractivity contribution in [1.29, 1.82) is 0 Å². The van der Waals surface area contributed by atoms with Gasteiger partial charge in [-0.1, -0.05) is 42.1 Å². The lowest BCUT2D eigenvalue weighted by Gasteiger charge is -2.34. The molecule has 2 N–H and O–H groups in total.